The number of hydrogen-bond acceptors (Lipinski definition) is 3. The molecular weight excluding hydrogens is 232 g/mol. The van der Waals surface area contributed by atoms with Gasteiger partial charge in [-0.2, -0.15) is 0 Å². The van der Waals surface area contributed by atoms with Gasteiger partial charge in [0.1, 0.15) is 11.8 Å². The third-order valence-electron chi connectivity index (χ3n) is 2.34. The van der Waals surface area contributed by atoms with E-state index < -0.39 is 17.9 Å². The Hall–Kier alpha value is -1.69. The predicted octanol–water partition coefficient (Wildman–Crippen LogP) is 1.89. The van der Waals surface area contributed by atoms with Gasteiger partial charge in [0.2, 0.25) is 0 Å². The molecule has 0 radical (unpaired) electrons. The van der Waals surface area contributed by atoms with Crippen LogP contribution in [0.2, 0.25) is 0 Å². The molecule has 0 saturated heterocycles. The standard InChI is InChI=1S/C11H13F2NO3/c1-11(12,13)6-3-4-8(17-2)7(5-6)9(14)10(15)16/h3-5,9H,14H2,1-2H3,(H,15,16). The second-order valence-electron chi connectivity index (χ2n) is 3.66. The fraction of sp³-hybridized carbons (Fsp3) is 0.364. The van der Waals surface area contributed by atoms with E-state index in [2.05, 4.69) is 0 Å². The lowest BCUT2D eigenvalue weighted by Gasteiger charge is -2.16. The van der Waals surface area contributed by atoms with Gasteiger partial charge in [0.05, 0.1) is 7.11 Å². The number of rotatable bonds is 4. The van der Waals surface area contributed by atoms with Crippen LogP contribution in [0, 0.1) is 0 Å². The van der Waals surface area contributed by atoms with Crippen molar-refractivity contribution in [3.05, 3.63) is 29.3 Å². The van der Waals surface area contributed by atoms with E-state index in [-0.39, 0.29) is 16.9 Å². The average molecular weight is 245 g/mol. The van der Waals surface area contributed by atoms with Crippen LogP contribution >= 0.6 is 0 Å². The summed E-state index contributed by atoms with van der Waals surface area (Å²) in [4.78, 5) is 10.8. The van der Waals surface area contributed by atoms with Crippen LogP contribution in [0.5, 0.6) is 5.75 Å². The molecule has 0 aliphatic rings. The lowest BCUT2D eigenvalue weighted by atomic mass is 10.0. The van der Waals surface area contributed by atoms with Gasteiger partial charge in [-0.05, 0) is 18.2 Å². The minimum atomic E-state index is -3.06. The number of nitrogens with two attached hydrogens (primary N) is 1. The summed E-state index contributed by atoms with van der Waals surface area (Å²) in [5.74, 6) is -4.19. The van der Waals surface area contributed by atoms with Crippen molar-refractivity contribution in [2.75, 3.05) is 7.11 Å². The van der Waals surface area contributed by atoms with Crippen LogP contribution in [0.1, 0.15) is 24.1 Å². The first-order valence-electron chi connectivity index (χ1n) is 4.82. The molecule has 1 aromatic carbocycles. The van der Waals surface area contributed by atoms with E-state index in [1.54, 1.807) is 0 Å². The SMILES string of the molecule is COc1ccc(C(C)(F)F)cc1C(N)C(=O)O. The molecule has 3 N–H and O–H groups in total. The zero-order valence-corrected chi connectivity index (χ0v) is 9.41. The highest BCUT2D eigenvalue weighted by molar-refractivity contribution is 5.76. The summed E-state index contributed by atoms with van der Waals surface area (Å²) in [5.41, 5.74) is 5.13. The molecule has 1 unspecified atom stereocenters. The van der Waals surface area contributed by atoms with E-state index >= 15 is 0 Å². The maximum absolute atomic E-state index is 13.1. The van der Waals surface area contributed by atoms with Crippen LogP contribution < -0.4 is 10.5 Å². The first kappa shape index (κ1) is 13.4. The van der Waals surface area contributed by atoms with Crippen molar-refractivity contribution >= 4 is 5.97 Å². The molecule has 94 valence electrons. The van der Waals surface area contributed by atoms with Gasteiger partial charge in [0.25, 0.3) is 5.92 Å². The van der Waals surface area contributed by atoms with Gasteiger partial charge in [0.15, 0.2) is 0 Å². The molecule has 0 fully saturated rings. The number of halogens is 2. The van der Waals surface area contributed by atoms with Crippen LogP contribution in [-0.4, -0.2) is 18.2 Å². The molecule has 1 atom stereocenters. The Labute approximate surface area is 97.0 Å². The molecule has 0 bridgehead atoms. The molecule has 0 spiro atoms. The normalized spacial score (nSPS) is 13.2. The third kappa shape index (κ3) is 2.91. The Morgan fingerprint density at radius 3 is 2.53 bits per heavy atom. The number of carboxylic acids is 1. The number of carbonyl (C=O) groups is 1. The van der Waals surface area contributed by atoms with Crippen molar-refractivity contribution in [2.24, 2.45) is 5.73 Å². The molecule has 1 rings (SSSR count). The number of ether oxygens (including phenoxy) is 1. The quantitative estimate of drug-likeness (QED) is 0.849. The van der Waals surface area contributed by atoms with Gasteiger partial charge >= 0.3 is 5.97 Å². The second-order valence-corrected chi connectivity index (χ2v) is 3.66. The molecule has 4 nitrogen and oxygen atoms in total. The molecule has 0 aliphatic heterocycles. The fourth-order valence-electron chi connectivity index (χ4n) is 1.38. The van der Waals surface area contributed by atoms with Crippen molar-refractivity contribution in [1.82, 2.24) is 0 Å². The van der Waals surface area contributed by atoms with E-state index in [4.69, 9.17) is 15.6 Å². The Balaban J connectivity index is 3.29. The zero-order valence-electron chi connectivity index (χ0n) is 9.41. The minimum absolute atomic E-state index is 0.0269. The first-order valence-corrected chi connectivity index (χ1v) is 4.82. The van der Waals surface area contributed by atoms with Crippen LogP contribution in [-0.2, 0) is 10.7 Å². The highest BCUT2D eigenvalue weighted by Gasteiger charge is 2.27. The molecular formula is C11H13F2NO3. The Kier molecular flexibility index (Phi) is 3.67. The maximum Gasteiger partial charge on any atom is 0.325 e. The van der Waals surface area contributed by atoms with E-state index in [0.717, 1.165) is 13.0 Å². The molecule has 0 heterocycles. The summed E-state index contributed by atoms with van der Waals surface area (Å²) in [6.07, 6.45) is 0. The van der Waals surface area contributed by atoms with Crippen molar-refractivity contribution in [3.63, 3.8) is 0 Å². The van der Waals surface area contributed by atoms with Gasteiger partial charge in [-0.25, -0.2) is 8.78 Å². The van der Waals surface area contributed by atoms with Crippen LogP contribution in [0.4, 0.5) is 8.78 Å². The number of hydrogen-bond donors (Lipinski definition) is 2. The van der Waals surface area contributed by atoms with Gasteiger partial charge < -0.3 is 15.6 Å². The number of methoxy groups -OCH3 is 1. The topological polar surface area (TPSA) is 72.5 Å². The number of alkyl halides is 2. The molecule has 0 aromatic heterocycles. The molecule has 0 amide bonds. The average Bonchev–Trinajstić information content (AvgIpc) is 2.25. The highest BCUT2D eigenvalue weighted by Crippen LogP contribution is 2.32. The van der Waals surface area contributed by atoms with Gasteiger partial charge in [-0.15, -0.1) is 0 Å². The molecule has 0 aliphatic carbocycles. The largest absolute Gasteiger partial charge is 0.496 e. The smallest absolute Gasteiger partial charge is 0.325 e. The van der Waals surface area contributed by atoms with Gasteiger partial charge in [-0.3, -0.25) is 4.79 Å². The fourth-order valence-corrected chi connectivity index (χ4v) is 1.38. The van der Waals surface area contributed by atoms with Crippen molar-refractivity contribution in [3.8, 4) is 5.75 Å². The Bertz CT molecular complexity index is 429. The number of carboxylic acid groups (broad SMARTS) is 1. The monoisotopic (exact) mass is 245 g/mol. The first-order chi connectivity index (χ1) is 7.77. The van der Waals surface area contributed by atoms with Crippen molar-refractivity contribution in [2.45, 2.75) is 18.9 Å². The van der Waals surface area contributed by atoms with E-state index in [9.17, 15) is 13.6 Å². The molecule has 17 heavy (non-hydrogen) atoms. The Morgan fingerprint density at radius 2 is 2.12 bits per heavy atom. The van der Waals surface area contributed by atoms with Crippen LogP contribution in [0.3, 0.4) is 0 Å². The summed E-state index contributed by atoms with van der Waals surface area (Å²) in [5, 5.41) is 8.78. The van der Waals surface area contributed by atoms with E-state index in [1.807, 2.05) is 0 Å². The number of benzene rings is 1. The van der Waals surface area contributed by atoms with E-state index in [1.165, 1.54) is 19.2 Å². The second kappa shape index (κ2) is 4.67. The lowest BCUT2D eigenvalue weighted by Crippen LogP contribution is -2.22. The van der Waals surface area contributed by atoms with Gasteiger partial charge in [-0.1, -0.05) is 0 Å². The van der Waals surface area contributed by atoms with Crippen molar-refractivity contribution in [1.29, 1.82) is 0 Å². The summed E-state index contributed by atoms with van der Waals surface area (Å²) in [7, 11) is 1.32. The molecule has 0 saturated carbocycles. The summed E-state index contributed by atoms with van der Waals surface area (Å²) in [6, 6.07) is 2.12. The predicted molar refractivity (Wildman–Crippen MR) is 57.1 cm³/mol. The lowest BCUT2D eigenvalue weighted by molar-refractivity contribution is -0.138. The summed E-state index contributed by atoms with van der Waals surface area (Å²) < 4.78 is 31.1. The van der Waals surface area contributed by atoms with E-state index in [0.29, 0.717) is 0 Å². The van der Waals surface area contributed by atoms with Crippen molar-refractivity contribution < 1.29 is 23.4 Å². The third-order valence-corrected chi connectivity index (χ3v) is 2.34. The minimum Gasteiger partial charge on any atom is -0.496 e. The maximum atomic E-state index is 13.1. The Morgan fingerprint density at radius 1 is 1.53 bits per heavy atom. The zero-order chi connectivity index (χ0) is 13.2. The molecule has 6 heteroatoms. The highest BCUT2D eigenvalue weighted by atomic mass is 19.3. The van der Waals surface area contributed by atoms with Crippen LogP contribution in [0.25, 0.3) is 0 Å². The summed E-state index contributed by atoms with van der Waals surface area (Å²) in [6.45, 7) is 0.727. The molecule has 1 aromatic rings. The number of aliphatic carboxylic acids is 1. The van der Waals surface area contributed by atoms with Crippen LogP contribution in [0.15, 0.2) is 18.2 Å². The summed E-state index contributed by atoms with van der Waals surface area (Å²) >= 11 is 0. The van der Waals surface area contributed by atoms with Gasteiger partial charge in [0, 0.05) is 18.1 Å².